The zero-order chi connectivity index (χ0) is 12.4. The number of nitrogens with one attached hydrogen (secondary N) is 1. The van der Waals surface area contributed by atoms with Crippen molar-refractivity contribution in [2.45, 2.75) is 44.4 Å². The number of thioether (sulfide) groups is 1. The first-order chi connectivity index (χ1) is 8.81. The zero-order valence-corrected chi connectivity index (χ0v) is 11.4. The predicted octanol–water partition coefficient (Wildman–Crippen LogP) is 1.69. The minimum Gasteiger partial charge on any atom is -0.364 e. The summed E-state index contributed by atoms with van der Waals surface area (Å²) in [5, 5.41) is 7.40. The van der Waals surface area contributed by atoms with Crippen LogP contribution in [0.15, 0.2) is 4.52 Å². The van der Waals surface area contributed by atoms with Crippen molar-refractivity contribution in [3.63, 3.8) is 0 Å². The van der Waals surface area contributed by atoms with Gasteiger partial charge < -0.3 is 14.6 Å². The van der Waals surface area contributed by atoms with E-state index in [0.29, 0.717) is 17.8 Å². The van der Waals surface area contributed by atoms with Crippen LogP contribution in [-0.4, -0.2) is 40.3 Å². The molecular formula is C12H19N3O2S. The van der Waals surface area contributed by atoms with Crippen LogP contribution >= 0.6 is 11.8 Å². The van der Waals surface area contributed by atoms with E-state index in [0.717, 1.165) is 19.4 Å². The van der Waals surface area contributed by atoms with Gasteiger partial charge in [-0.3, -0.25) is 0 Å². The smallest absolute Gasteiger partial charge is 0.255 e. The van der Waals surface area contributed by atoms with Gasteiger partial charge in [-0.05, 0) is 31.9 Å². The van der Waals surface area contributed by atoms with Gasteiger partial charge in [0.1, 0.15) is 6.10 Å². The lowest BCUT2D eigenvalue weighted by molar-refractivity contribution is 0.0256. The second-order valence-electron chi connectivity index (χ2n) is 4.97. The highest BCUT2D eigenvalue weighted by atomic mass is 32.2. The van der Waals surface area contributed by atoms with Crippen LogP contribution in [0.4, 0.5) is 0 Å². The Hall–Kier alpha value is -0.590. The van der Waals surface area contributed by atoms with Crippen molar-refractivity contribution in [1.29, 1.82) is 0 Å². The maximum absolute atomic E-state index is 5.96. The second-order valence-corrected chi connectivity index (χ2v) is 6.12. The van der Waals surface area contributed by atoms with E-state index in [4.69, 9.17) is 9.26 Å². The molecule has 0 unspecified atom stereocenters. The van der Waals surface area contributed by atoms with E-state index >= 15 is 0 Å². The molecule has 0 saturated carbocycles. The normalized spacial score (nSPS) is 32.2. The molecule has 2 saturated heterocycles. The molecule has 18 heavy (non-hydrogen) atoms. The molecule has 6 heteroatoms. The van der Waals surface area contributed by atoms with Gasteiger partial charge in [0.2, 0.25) is 0 Å². The number of nitrogens with zero attached hydrogens (tertiary/aromatic N) is 2. The molecule has 1 N–H and O–H groups in total. The van der Waals surface area contributed by atoms with Crippen LogP contribution < -0.4 is 5.32 Å². The highest BCUT2D eigenvalue weighted by molar-refractivity contribution is 7.99. The molecule has 5 nitrogen and oxygen atoms in total. The van der Waals surface area contributed by atoms with Gasteiger partial charge in [-0.25, -0.2) is 0 Å². The first-order valence-corrected chi connectivity index (χ1v) is 7.73. The Labute approximate surface area is 111 Å². The molecule has 0 bridgehead atoms. The maximum atomic E-state index is 5.96. The van der Waals surface area contributed by atoms with Crippen LogP contribution in [0, 0.1) is 6.92 Å². The average molecular weight is 269 g/mol. The maximum Gasteiger partial charge on any atom is 0.255 e. The van der Waals surface area contributed by atoms with Gasteiger partial charge in [0, 0.05) is 18.3 Å². The summed E-state index contributed by atoms with van der Waals surface area (Å²) in [6, 6.07) is 0.670. The van der Waals surface area contributed by atoms with Gasteiger partial charge in [0.15, 0.2) is 5.82 Å². The quantitative estimate of drug-likeness (QED) is 0.897. The molecule has 1 aromatic rings. The van der Waals surface area contributed by atoms with E-state index in [1.807, 2.05) is 18.7 Å². The van der Waals surface area contributed by atoms with Crippen molar-refractivity contribution in [3.05, 3.63) is 11.7 Å². The van der Waals surface area contributed by atoms with Gasteiger partial charge >= 0.3 is 0 Å². The van der Waals surface area contributed by atoms with Gasteiger partial charge in [-0.1, -0.05) is 5.16 Å². The highest BCUT2D eigenvalue weighted by Gasteiger charge is 2.30. The summed E-state index contributed by atoms with van der Waals surface area (Å²) in [5.74, 6) is 3.83. The third-order valence-electron chi connectivity index (χ3n) is 3.49. The summed E-state index contributed by atoms with van der Waals surface area (Å²) >= 11 is 2.03. The summed E-state index contributed by atoms with van der Waals surface area (Å²) in [5.41, 5.74) is 0. The fourth-order valence-corrected chi connectivity index (χ4v) is 3.66. The van der Waals surface area contributed by atoms with Crippen LogP contribution in [-0.2, 0) is 4.74 Å². The monoisotopic (exact) mass is 269 g/mol. The molecule has 3 heterocycles. The van der Waals surface area contributed by atoms with Crippen LogP contribution in [0.5, 0.6) is 0 Å². The van der Waals surface area contributed by atoms with E-state index in [1.54, 1.807) is 0 Å². The largest absolute Gasteiger partial charge is 0.364 e. The van der Waals surface area contributed by atoms with Crippen molar-refractivity contribution in [2.24, 2.45) is 0 Å². The van der Waals surface area contributed by atoms with Crippen molar-refractivity contribution in [3.8, 4) is 0 Å². The summed E-state index contributed by atoms with van der Waals surface area (Å²) in [4.78, 5) is 4.24. The molecule has 2 aliphatic heterocycles. The van der Waals surface area contributed by atoms with Crippen molar-refractivity contribution < 1.29 is 9.26 Å². The Morgan fingerprint density at radius 3 is 3.06 bits per heavy atom. The Morgan fingerprint density at radius 1 is 1.39 bits per heavy atom. The molecule has 1 aromatic heterocycles. The van der Waals surface area contributed by atoms with Crippen molar-refractivity contribution in [1.82, 2.24) is 15.5 Å². The molecule has 100 valence electrons. The van der Waals surface area contributed by atoms with Crippen molar-refractivity contribution >= 4 is 11.8 Å². The van der Waals surface area contributed by atoms with Crippen LogP contribution in [0.3, 0.4) is 0 Å². The molecule has 2 aliphatic rings. The highest BCUT2D eigenvalue weighted by Crippen LogP contribution is 2.31. The Balaban J connectivity index is 1.46. The van der Waals surface area contributed by atoms with E-state index in [1.165, 1.54) is 17.9 Å². The second kappa shape index (κ2) is 5.59. The van der Waals surface area contributed by atoms with E-state index in [9.17, 15) is 0 Å². The third-order valence-corrected chi connectivity index (χ3v) is 4.65. The number of rotatable bonds is 4. The Morgan fingerprint density at radius 2 is 2.33 bits per heavy atom. The summed E-state index contributed by atoms with van der Waals surface area (Å²) < 4.78 is 11.1. The standard InChI is InChI=1S/C12H19N3O2S/c1-8-14-12(17-15-8)11-3-2-10(16-11)6-13-9-4-5-18-7-9/h9-11,13H,2-7H2,1H3/t9-,10+,11-/m0/s1. The lowest BCUT2D eigenvalue weighted by atomic mass is 10.2. The predicted molar refractivity (Wildman–Crippen MR) is 69.6 cm³/mol. The number of aromatic nitrogens is 2. The lowest BCUT2D eigenvalue weighted by Crippen LogP contribution is -2.35. The average Bonchev–Trinajstić information content (AvgIpc) is 3.07. The van der Waals surface area contributed by atoms with Crippen LogP contribution in [0.2, 0.25) is 0 Å². The number of hydrogen-bond acceptors (Lipinski definition) is 6. The first kappa shape index (κ1) is 12.4. The molecule has 0 spiro atoms. The molecular weight excluding hydrogens is 250 g/mol. The summed E-state index contributed by atoms with van der Waals surface area (Å²) in [7, 11) is 0. The van der Waals surface area contributed by atoms with Gasteiger partial charge in [-0.2, -0.15) is 16.7 Å². The lowest BCUT2D eigenvalue weighted by Gasteiger charge is -2.16. The van der Waals surface area contributed by atoms with Gasteiger partial charge in [-0.15, -0.1) is 0 Å². The third kappa shape index (κ3) is 2.87. The molecule has 3 atom stereocenters. The SMILES string of the molecule is Cc1noc([C@@H]2CC[C@H](CN[C@H]3CCSC3)O2)n1. The molecule has 0 amide bonds. The van der Waals surface area contributed by atoms with Gasteiger partial charge in [0.25, 0.3) is 5.89 Å². The van der Waals surface area contributed by atoms with E-state index < -0.39 is 0 Å². The first-order valence-electron chi connectivity index (χ1n) is 6.58. The van der Waals surface area contributed by atoms with Gasteiger partial charge in [0.05, 0.1) is 6.10 Å². The fourth-order valence-electron chi connectivity index (χ4n) is 2.48. The zero-order valence-electron chi connectivity index (χ0n) is 10.6. The topological polar surface area (TPSA) is 60.2 Å². The van der Waals surface area contributed by atoms with Crippen molar-refractivity contribution in [2.75, 3.05) is 18.1 Å². The molecule has 0 aromatic carbocycles. The number of ether oxygens (including phenoxy) is 1. The molecule has 3 rings (SSSR count). The van der Waals surface area contributed by atoms with E-state index in [-0.39, 0.29) is 12.2 Å². The van der Waals surface area contributed by atoms with Crippen LogP contribution in [0.1, 0.15) is 37.1 Å². The molecule has 2 fully saturated rings. The summed E-state index contributed by atoms with van der Waals surface area (Å²) in [6.07, 6.45) is 3.61. The minimum atomic E-state index is -0.00375. The Kier molecular flexibility index (Phi) is 3.86. The van der Waals surface area contributed by atoms with Crippen LogP contribution in [0.25, 0.3) is 0 Å². The Bertz CT molecular complexity index is 392. The summed E-state index contributed by atoms with van der Waals surface area (Å²) in [6.45, 7) is 2.77. The molecule has 0 aliphatic carbocycles. The van der Waals surface area contributed by atoms with E-state index in [2.05, 4.69) is 15.5 Å². The minimum absolute atomic E-state index is 0.00375. The fraction of sp³-hybridized carbons (Fsp3) is 0.833. The number of aryl methyl sites for hydroxylation is 1. The number of hydrogen-bond donors (Lipinski definition) is 1. The molecule has 0 radical (unpaired) electrons.